The summed E-state index contributed by atoms with van der Waals surface area (Å²) in [6, 6.07) is 15.6. The average Bonchev–Trinajstić information content (AvgIpc) is 3.14. The van der Waals surface area contributed by atoms with Crippen LogP contribution in [0.25, 0.3) is 5.69 Å². The first-order valence-corrected chi connectivity index (χ1v) is 8.21. The first-order valence-electron chi connectivity index (χ1n) is 8.21. The Bertz CT molecular complexity index is 844. The van der Waals surface area contributed by atoms with Crippen LogP contribution in [0.5, 0.6) is 5.75 Å². The third kappa shape index (κ3) is 4.26. The third-order valence-electron chi connectivity index (χ3n) is 3.90. The second-order valence-electron chi connectivity index (χ2n) is 5.89. The van der Waals surface area contributed by atoms with Crippen LogP contribution in [0.15, 0.2) is 67.3 Å². The molecule has 0 aliphatic carbocycles. The summed E-state index contributed by atoms with van der Waals surface area (Å²) in [4.78, 5) is 16.4. The van der Waals surface area contributed by atoms with Gasteiger partial charge in [-0.05, 0) is 43.2 Å². The first kappa shape index (κ1) is 16.8. The molecular weight excluding hydrogens is 314 g/mol. The fraction of sp³-hybridized carbons (Fsp3) is 0.200. The van der Waals surface area contributed by atoms with E-state index in [0.717, 1.165) is 16.8 Å². The number of ether oxygens (including phenoxy) is 1. The van der Waals surface area contributed by atoms with Crippen LogP contribution in [0.1, 0.15) is 18.1 Å². The number of aryl methyl sites for hydroxylation is 1. The van der Waals surface area contributed by atoms with Gasteiger partial charge >= 0.3 is 0 Å². The zero-order valence-corrected chi connectivity index (χ0v) is 14.3. The van der Waals surface area contributed by atoms with E-state index in [-0.39, 0.29) is 5.91 Å². The number of hydrogen-bond donors (Lipinski definition) is 1. The number of imidazole rings is 1. The Balaban J connectivity index is 1.63. The molecule has 0 aliphatic heterocycles. The smallest absolute Gasteiger partial charge is 0.261 e. The van der Waals surface area contributed by atoms with Gasteiger partial charge in [-0.2, -0.15) is 0 Å². The molecule has 3 rings (SSSR count). The predicted octanol–water partition coefficient (Wildman–Crippen LogP) is 3.26. The molecule has 128 valence electrons. The maximum atomic E-state index is 12.3. The first-order chi connectivity index (χ1) is 12.1. The summed E-state index contributed by atoms with van der Waals surface area (Å²) in [5.74, 6) is 0.545. The molecule has 0 saturated carbocycles. The van der Waals surface area contributed by atoms with Crippen molar-refractivity contribution < 1.29 is 9.53 Å². The van der Waals surface area contributed by atoms with E-state index < -0.39 is 6.10 Å². The van der Waals surface area contributed by atoms with E-state index in [4.69, 9.17) is 4.74 Å². The fourth-order valence-corrected chi connectivity index (χ4v) is 2.59. The van der Waals surface area contributed by atoms with Gasteiger partial charge in [0.15, 0.2) is 6.10 Å². The maximum absolute atomic E-state index is 12.3. The van der Waals surface area contributed by atoms with Gasteiger partial charge in [0.2, 0.25) is 0 Å². The van der Waals surface area contributed by atoms with Crippen molar-refractivity contribution in [3.63, 3.8) is 0 Å². The van der Waals surface area contributed by atoms with Crippen molar-refractivity contribution in [3.05, 3.63) is 78.4 Å². The van der Waals surface area contributed by atoms with E-state index in [1.54, 1.807) is 19.4 Å². The van der Waals surface area contributed by atoms with Crippen LogP contribution in [-0.2, 0) is 11.3 Å². The number of nitrogens with one attached hydrogen (secondary N) is 1. The number of para-hydroxylation sites is 1. The number of aromatic nitrogens is 2. The van der Waals surface area contributed by atoms with Gasteiger partial charge in [0, 0.05) is 18.9 Å². The molecule has 0 aliphatic rings. The molecule has 3 aromatic rings. The van der Waals surface area contributed by atoms with Crippen molar-refractivity contribution in [1.82, 2.24) is 14.9 Å². The molecule has 1 atom stereocenters. The van der Waals surface area contributed by atoms with Gasteiger partial charge in [-0.25, -0.2) is 4.98 Å². The zero-order chi connectivity index (χ0) is 17.6. The second-order valence-corrected chi connectivity index (χ2v) is 5.89. The van der Waals surface area contributed by atoms with E-state index in [1.807, 2.05) is 66.2 Å². The molecule has 0 saturated heterocycles. The zero-order valence-electron chi connectivity index (χ0n) is 14.3. The predicted molar refractivity (Wildman–Crippen MR) is 96.7 cm³/mol. The van der Waals surface area contributed by atoms with Gasteiger partial charge in [-0.1, -0.05) is 30.3 Å². The van der Waals surface area contributed by atoms with E-state index in [0.29, 0.717) is 12.3 Å². The van der Waals surface area contributed by atoms with Gasteiger partial charge in [0.1, 0.15) is 5.75 Å². The Labute approximate surface area is 147 Å². The summed E-state index contributed by atoms with van der Waals surface area (Å²) < 4.78 is 7.65. The molecule has 0 spiro atoms. The van der Waals surface area contributed by atoms with Crippen molar-refractivity contribution in [2.24, 2.45) is 0 Å². The number of carbonyl (C=O) groups is 1. The number of amides is 1. The van der Waals surface area contributed by atoms with Crippen LogP contribution in [-0.4, -0.2) is 21.6 Å². The van der Waals surface area contributed by atoms with Gasteiger partial charge in [0.05, 0.1) is 12.0 Å². The Morgan fingerprint density at radius 2 is 2.08 bits per heavy atom. The normalized spacial score (nSPS) is 11.8. The molecule has 0 fully saturated rings. The lowest BCUT2D eigenvalue weighted by molar-refractivity contribution is -0.127. The van der Waals surface area contributed by atoms with Crippen LogP contribution < -0.4 is 10.1 Å². The molecule has 1 heterocycles. The molecule has 1 aromatic heterocycles. The van der Waals surface area contributed by atoms with E-state index in [1.165, 1.54) is 0 Å². The molecule has 0 unspecified atom stereocenters. The molecule has 1 amide bonds. The summed E-state index contributed by atoms with van der Waals surface area (Å²) in [7, 11) is 0. The van der Waals surface area contributed by atoms with Crippen LogP contribution in [0.3, 0.4) is 0 Å². The van der Waals surface area contributed by atoms with Crippen LogP contribution in [0.4, 0.5) is 0 Å². The average molecular weight is 335 g/mol. The highest BCUT2D eigenvalue weighted by Gasteiger charge is 2.15. The standard InChI is InChI=1S/C20H21N3O2/c1-15-6-5-8-18(12-15)25-16(2)20(24)22-13-17-7-3-4-9-19(17)23-11-10-21-14-23/h3-12,14,16H,13H2,1-2H3,(H,22,24)/t16-/m0/s1. The monoisotopic (exact) mass is 335 g/mol. The SMILES string of the molecule is Cc1cccc(O[C@@H](C)C(=O)NCc2ccccc2-n2ccnc2)c1. The van der Waals surface area contributed by atoms with Crippen molar-refractivity contribution in [2.75, 3.05) is 0 Å². The summed E-state index contributed by atoms with van der Waals surface area (Å²) in [5, 5.41) is 2.94. The minimum Gasteiger partial charge on any atom is -0.481 e. The van der Waals surface area contributed by atoms with Crippen molar-refractivity contribution in [2.45, 2.75) is 26.5 Å². The molecule has 5 nitrogen and oxygen atoms in total. The largest absolute Gasteiger partial charge is 0.481 e. The van der Waals surface area contributed by atoms with Crippen molar-refractivity contribution in [3.8, 4) is 11.4 Å². The molecule has 2 aromatic carbocycles. The maximum Gasteiger partial charge on any atom is 0.261 e. The Morgan fingerprint density at radius 1 is 1.24 bits per heavy atom. The van der Waals surface area contributed by atoms with E-state index >= 15 is 0 Å². The lowest BCUT2D eigenvalue weighted by atomic mass is 10.1. The number of nitrogens with zero attached hydrogens (tertiary/aromatic N) is 2. The van der Waals surface area contributed by atoms with Gasteiger partial charge in [-0.3, -0.25) is 4.79 Å². The fourth-order valence-electron chi connectivity index (χ4n) is 2.59. The Hall–Kier alpha value is -3.08. The molecule has 0 radical (unpaired) electrons. The van der Waals surface area contributed by atoms with Crippen LogP contribution >= 0.6 is 0 Å². The third-order valence-corrected chi connectivity index (χ3v) is 3.90. The highest BCUT2D eigenvalue weighted by molar-refractivity contribution is 5.80. The highest BCUT2D eigenvalue weighted by Crippen LogP contribution is 2.15. The summed E-state index contributed by atoms with van der Waals surface area (Å²) in [5.41, 5.74) is 3.10. The quantitative estimate of drug-likeness (QED) is 0.752. The Morgan fingerprint density at radius 3 is 2.84 bits per heavy atom. The number of benzene rings is 2. The van der Waals surface area contributed by atoms with E-state index in [2.05, 4.69) is 10.3 Å². The van der Waals surface area contributed by atoms with Crippen LogP contribution in [0.2, 0.25) is 0 Å². The van der Waals surface area contributed by atoms with Gasteiger partial charge < -0.3 is 14.6 Å². The van der Waals surface area contributed by atoms with Crippen molar-refractivity contribution in [1.29, 1.82) is 0 Å². The molecule has 1 N–H and O–H groups in total. The minimum atomic E-state index is -0.567. The lowest BCUT2D eigenvalue weighted by Crippen LogP contribution is -2.36. The highest BCUT2D eigenvalue weighted by atomic mass is 16.5. The molecule has 0 bridgehead atoms. The second kappa shape index (κ2) is 7.66. The topological polar surface area (TPSA) is 56.1 Å². The van der Waals surface area contributed by atoms with E-state index in [9.17, 15) is 4.79 Å². The van der Waals surface area contributed by atoms with Gasteiger partial charge in [-0.15, -0.1) is 0 Å². The summed E-state index contributed by atoms with van der Waals surface area (Å²) in [6.45, 7) is 4.17. The molecule has 5 heteroatoms. The number of carbonyl (C=O) groups excluding carboxylic acids is 1. The number of hydrogen-bond acceptors (Lipinski definition) is 3. The van der Waals surface area contributed by atoms with Crippen molar-refractivity contribution >= 4 is 5.91 Å². The summed E-state index contributed by atoms with van der Waals surface area (Å²) in [6.07, 6.45) is 4.78. The Kier molecular flexibility index (Phi) is 5.14. The van der Waals surface area contributed by atoms with Crippen LogP contribution in [0, 0.1) is 6.92 Å². The molecular formula is C20H21N3O2. The summed E-state index contributed by atoms with van der Waals surface area (Å²) >= 11 is 0. The number of rotatable bonds is 6. The van der Waals surface area contributed by atoms with Gasteiger partial charge in [0.25, 0.3) is 5.91 Å². The molecule has 25 heavy (non-hydrogen) atoms. The lowest BCUT2D eigenvalue weighted by Gasteiger charge is -2.16. The minimum absolute atomic E-state index is 0.151.